The number of nitrogens with zero attached hydrogens (tertiary/aromatic N) is 2. The fraction of sp³-hybridized carbons (Fsp3) is 0.586. The molecular formula is C29H40F2N4O7. The Morgan fingerprint density at radius 2 is 1.76 bits per heavy atom. The van der Waals surface area contributed by atoms with E-state index in [2.05, 4.69) is 10.3 Å². The predicted octanol–water partition coefficient (Wildman–Crippen LogP) is 2.67. The number of benzene rings is 1. The Hall–Kier alpha value is -3.42. The number of hydrogen-bond acceptors (Lipinski definition) is 10. The van der Waals surface area contributed by atoms with Crippen LogP contribution >= 0.6 is 0 Å². The Morgan fingerprint density at radius 3 is 2.29 bits per heavy atom. The lowest BCUT2D eigenvalue weighted by Gasteiger charge is -2.34. The molecule has 0 radical (unpaired) electrons. The number of aliphatic imine (C=N–C) groups is 1. The number of halogens is 2. The largest absolute Gasteiger partial charge is 0.463 e. The Bertz CT molecular complexity index is 1210. The first-order valence-corrected chi connectivity index (χ1v) is 13.7. The van der Waals surface area contributed by atoms with Crippen LogP contribution in [0, 0.1) is 11.8 Å². The van der Waals surface area contributed by atoms with Gasteiger partial charge < -0.3 is 35.3 Å². The molecule has 2 aliphatic heterocycles. The second kappa shape index (κ2) is 12.8. The summed E-state index contributed by atoms with van der Waals surface area (Å²) in [5, 5.41) is 13.2. The fourth-order valence-electron chi connectivity index (χ4n) is 4.12. The van der Waals surface area contributed by atoms with Crippen LogP contribution < -0.4 is 11.1 Å². The van der Waals surface area contributed by atoms with Crippen LogP contribution in [0.15, 0.2) is 41.5 Å². The molecule has 0 spiro atoms. The molecule has 0 bridgehead atoms. The molecule has 2 heterocycles. The summed E-state index contributed by atoms with van der Waals surface area (Å²) in [6.07, 6.45) is -5.51. The topological polar surface area (TPSA) is 153 Å². The van der Waals surface area contributed by atoms with Crippen LogP contribution in [0.4, 0.5) is 8.78 Å². The number of rotatable bonds is 8. The molecule has 1 amide bonds. The van der Waals surface area contributed by atoms with Crippen molar-refractivity contribution >= 4 is 23.7 Å². The van der Waals surface area contributed by atoms with Crippen LogP contribution in [0.25, 0.3) is 0 Å². The van der Waals surface area contributed by atoms with Crippen molar-refractivity contribution in [3.63, 3.8) is 0 Å². The first kappa shape index (κ1) is 33.1. The minimum atomic E-state index is -3.89. The number of alkyl halides is 2. The number of amides is 1. The molecule has 232 valence electrons. The first-order valence-electron chi connectivity index (χ1n) is 13.7. The third kappa shape index (κ3) is 7.50. The van der Waals surface area contributed by atoms with Crippen LogP contribution in [0.5, 0.6) is 0 Å². The van der Waals surface area contributed by atoms with E-state index in [-0.39, 0.29) is 11.3 Å². The number of aliphatic hydroxyl groups excluding tert-OH is 1. The van der Waals surface area contributed by atoms with Gasteiger partial charge in [-0.05, 0) is 35.1 Å². The van der Waals surface area contributed by atoms with E-state index in [0.29, 0.717) is 10.5 Å². The van der Waals surface area contributed by atoms with Crippen molar-refractivity contribution < 1.29 is 42.5 Å². The molecule has 0 saturated carbocycles. The number of hydrogen-bond donors (Lipinski definition) is 3. The van der Waals surface area contributed by atoms with Gasteiger partial charge in [-0.2, -0.15) is 8.78 Å². The highest BCUT2D eigenvalue weighted by Gasteiger charge is 2.64. The number of nitrogens with two attached hydrogens (primary N) is 1. The summed E-state index contributed by atoms with van der Waals surface area (Å²) in [6.45, 7) is 11.9. The van der Waals surface area contributed by atoms with E-state index in [4.69, 9.17) is 19.9 Å². The number of ether oxygens (including phenoxy) is 3. The molecule has 2 aliphatic rings. The molecule has 0 aromatic heterocycles. The van der Waals surface area contributed by atoms with Gasteiger partial charge in [0.15, 0.2) is 6.10 Å². The van der Waals surface area contributed by atoms with Gasteiger partial charge in [0.1, 0.15) is 24.6 Å². The smallest absolute Gasteiger partial charge is 0.330 e. The number of aliphatic hydroxyl groups is 1. The maximum absolute atomic E-state index is 15.7. The number of amidine groups is 1. The van der Waals surface area contributed by atoms with Crippen molar-refractivity contribution in [2.45, 2.75) is 90.6 Å². The highest BCUT2D eigenvalue weighted by Crippen LogP contribution is 2.41. The number of carbonyl (C=O) groups excluding carboxylic acids is 3. The van der Waals surface area contributed by atoms with E-state index in [0.717, 1.165) is 11.8 Å². The zero-order valence-corrected chi connectivity index (χ0v) is 24.8. The van der Waals surface area contributed by atoms with E-state index >= 15 is 8.78 Å². The van der Waals surface area contributed by atoms with E-state index < -0.39 is 73.0 Å². The predicted molar refractivity (Wildman–Crippen MR) is 149 cm³/mol. The van der Waals surface area contributed by atoms with Gasteiger partial charge in [-0.1, -0.05) is 60.6 Å². The molecule has 1 saturated heterocycles. The molecule has 42 heavy (non-hydrogen) atoms. The van der Waals surface area contributed by atoms with Gasteiger partial charge in [-0.25, -0.2) is 4.99 Å². The lowest BCUT2D eigenvalue weighted by Crippen LogP contribution is -2.53. The van der Waals surface area contributed by atoms with Crippen molar-refractivity contribution in [3.05, 3.63) is 47.7 Å². The van der Waals surface area contributed by atoms with Gasteiger partial charge in [-0.3, -0.25) is 14.4 Å². The van der Waals surface area contributed by atoms with E-state index in [1.807, 2.05) is 32.9 Å². The second-order valence-corrected chi connectivity index (χ2v) is 12.0. The Morgan fingerprint density at radius 1 is 1.14 bits per heavy atom. The maximum atomic E-state index is 15.7. The van der Waals surface area contributed by atoms with Gasteiger partial charge in [0, 0.05) is 11.8 Å². The van der Waals surface area contributed by atoms with Crippen molar-refractivity contribution in [1.29, 1.82) is 0 Å². The van der Waals surface area contributed by atoms with Gasteiger partial charge in [0.05, 0.1) is 5.92 Å². The third-order valence-electron chi connectivity index (χ3n) is 6.90. The highest BCUT2D eigenvalue weighted by atomic mass is 19.3. The average molecular weight is 595 g/mol. The van der Waals surface area contributed by atoms with Gasteiger partial charge >= 0.3 is 17.9 Å². The molecule has 1 fully saturated rings. The molecular weight excluding hydrogens is 554 g/mol. The minimum absolute atomic E-state index is 0.0711. The third-order valence-corrected chi connectivity index (χ3v) is 6.90. The summed E-state index contributed by atoms with van der Waals surface area (Å²) in [4.78, 5) is 41.9. The lowest BCUT2D eigenvalue weighted by molar-refractivity contribution is -0.196. The number of nitrogens with one attached hydrogen (secondary N) is 1. The van der Waals surface area contributed by atoms with Crippen LogP contribution in [0.1, 0.15) is 64.4 Å². The zero-order valence-electron chi connectivity index (χ0n) is 24.8. The summed E-state index contributed by atoms with van der Waals surface area (Å²) in [6, 6.07) is 5.78. The summed E-state index contributed by atoms with van der Waals surface area (Å²) < 4.78 is 47.2. The normalized spacial score (nSPS) is 24.4. The van der Waals surface area contributed by atoms with Crippen LogP contribution in [0.2, 0.25) is 0 Å². The van der Waals surface area contributed by atoms with Gasteiger partial charge in [-0.15, -0.1) is 0 Å². The quantitative estimate of drug-likeness (QED) is 0.386. The highest BCUT2D eigenvalue weighted by molar-refractivity contribution is 6.10. The summed E-state index contributed by atoms with van der Waals surface area (Å²) in [7, 11) is 0. The van der Waals surface area contributed by atoms with Crippen LogP contribution in [0.3, 0.4) is 0 Å². The molecule has 11 nitrogen and oxygen atoms in total. The van der Waals surface area contributed by atoms with Gasteiger partial charge in [0.2, 0.25) is 12.6 Å². The minimum Gasteiger partial charge on any atom is -0.463 e. The number of carbonyl (C=O) groups is 3. The summed E-state index contributed by atoms with van der Waals surface area (Å²) in [5.74, 6) is -7.15. The second-order valence-electron chi connectivity index (χ2n) is 12.0. The standard InChI is InChI=1S/C29H40F2N4O7/c1-15(2)21(32)25(38)42-22-19(14-40-24(37)16(3)4)41-26(29(22,30)31)35-13-12-20(34-27(35)39)33-23(36)17-8-10-18(11-9-17)28(5,6)7/h8-13,15-16,19,21-22,26-27,39H,14,32H2,1-7H3,(H,33,34,36)/t19-,21-,22-,26-,27-/m1/s1. The maximum Gasteiger partial charge on any atom is 0.330 e. The Labute approximate surface area is 244 Å². The molecule has 0 aliphatic carbocycles. The summed E-state index contributed by atoms with van der Waals surface area (Å²) >= 11 is 0. The van der Waals surface area contributed by atoms with Crippen molar-refractivity contribution in [2.24, 2.45) is 22.6 Å². The van der Waals surface area contributed by atoms with Crippen LogP contribution in [-0.2, 0) is 29.2 Å². The molecule has 5 atom stereocenters. The van der Waals surface area contributed by atoms with E-state index in [1.54, 1.807) is 39.8 Å². The Balaban J connectivity index is 1.76. The SMILES string of the molecule is CC(C)C(=O)OC[C@H]1O[C@@H](N2C=CC(NC(=O)c3ccc(C(C)(C)C)cc3)=N[C@H]2O)C(F)(F)[C@@H]1OC(=O)[C@H](N)C(C)C. The van der Waals surface area contributed by atoms with Crippen LogP contribution in [-0.4, -0.2) is 77.0 Å². The number of esters is 2. The molecule has 13 heteroatoms. The molecule has 4 N–H and O–H groups in total. The zero-order chi connectivity index (χ0) is 31.6. The van der Waals surface area contributed by atoms with Crippen molar-refractivity contribution in [3.8, 4) is 0 Å². The van der Waals surface area contributed by atoms with E-state index in [9.17, 15) is 19.5 Å². The molecule has 1 aromatic carbocycles. The van der Waals surface area contributed by atoms with E-state index in [1.165, 1.54) is 6.08 Å². The summed E-state index contributed by atoms with van der Waals surface area (Å²) in [5.41, 5.74) is 7.07. The first-order chi connectivity index (χ1) is 19.4. The van der Waals surface area contributed by atoms with Gasteiger partial charge in [0.25, 0.3) is 5.91 Å². The van der Waals surface area contributed by atoms with Crippen molar-refractivity contribution in [1.82, 2.24) is 10.2 Å². The average Bonchev–Trinajstić information content (AvgIpc) is 3.15. The molecule has 0 unspecified atom stereocenters. The lowest BCUT2D eigenvalue weighted by atomic mass is 9.87. The molecule has 1 aromatic rings. The molecule has 3 rings (SSSR count). The Kier molecular flexibility index (Phi) is 10.1. The fourth-order valence-corrected chi connectivity index (χ4v) is 4.12. The van der Waals surface area contributed by atoms with Crippen molar-refractivity contribution in [2.75, 3.05) is 6.61 Å². The monoisotopic (exact) mass is 594 g/mol.